The Bertz CT molecular complexity index is 1500. The van der Waals surface area contributed by atoms with Crippen LogP contribution in [0.1, 0.15) is 90.6 Å². The Labute approximate surface area is 237 Å². The molecule has 5 rings (SSSR count). The zero-order valence-electron chi connectivity index (χ0n) is 22.4. The maximum atomic E-state index is 14.0. The molecule has 2 atom stereocenters. The highest BCUT2D eigenvalue weighted by atomic mass is 19.4. The first kappa shape index (κ1) is 29.3. The van der Waals surface area contributed by atoms with E-state index < -0.39 is 48.8 Å². The van der Waals surface area contributed by atoms with Crippen molar-refractivity contribution in [3.05, 3.63) is 59.3 Å². The molecule has 0 saturated heterocycles. The maximum absolute atomic E-state index is 14.0. The lowest BCUT2D eigenvalue weighted by atomic mass is 9.81. The average Bonchev–Trinajstić information content (AvgIpc) is 3.71. The summed E-state index contributed by atoms with van der Waals surface area (Å²) in [7, 11) is 0. The molecule has 222 valence electrons. The largest absolute Gasteiger partial charge is 0.389 e. The van der Waals surface area contributed by atoms with Crippen molar-refractivity contribution < 1.29 is 31.5 Å². The zero-order chi connectivity index (χ0) is 30.1. The molecule has 9 nitrogen and oxygen atoms in total. The van der Waals surface area contributed by atoms with Crippen LogP contribution < -0.4 is 10.6 Å². The molecule has 0 aromatic carbocycles. The van der Waals surface area contributed by atoms with Crippen LogP contribution in [0.3, 0.4) is 0 Å². The van der Waals surface area contributed by atoms with Gasteiger partial charge in [0.25, 0.3) is 5.91 Å². The SMILES string of the molecule is N#Cc1cncc(C(=O)N[C@H](c2cn3ncc(C(NC(=O)CCC(F)(F)F)C4CC4)cc3n2)C2CCC(F)(F)CC2)c1. The van der Waals surface area contributed by atoms with E-state index >= 15 is 0 Å². The van der Waals surface area contributed by atoms with Crippen LogP contribution in [0.25, 0.3) is 5.65 Å². The van der Waals surface area contributed by atoms with Gasteiger partial charge in [-0.1, -0.05) is 0 Å². The van der Waals surface area contributed by atoms with Crippen LogP contribution in [0.4, 0.5) is 22.0 Å². The Kier molecular flexibility index (Phi) is 8.12. The molecule has 3 aromatic rings. The van der Waals surface area contributed by atoms with Crippen molar-refractivity contribution >= 4 is 17.5 Å². The number of hydrogen-bond donors (Lipinski definition) is 2. The molecule has 3 heterocycles. The Morgan fingerprint density at radius 2 is 1.76 bits per heavy atom. The number of imidazole rings is 1. The van der Waals surface area contributed by atoms with Gasteiger partial charge in [0.05, 0.1) is 47.7 Å². The number of hydrogen-bond acceptors (Lipinski definition) is 6. The second kappa shape index (κ2) is 11.6. The molecule has 2 saturated carbocycles. The molecule has 3 aromatic heterocycles. The molecule has 0 spiro atoms. The summed E-state index contributed by atoms with van der Waals surface area (Å²) in [6.07, 6.45) is 0.640. The van der Waals surface area contributed by atoms with E-state index in [9.17, 15) is 31.5 Å². The van der Waals surface area contributed by atoms with Gasteiger partial charge in [0.2, 0.25) is 11.8 Å². The van der Waals surface area contributed by atoms with E-state index in [0.29, 0.717) is 16.9 Å². The molecule has 0 aliphatic heterocycles. The van der Waals surface area contributed by atoms with Crippen LogP contribution in [0.15, 0.2) is 36.9 Å². The summed E-state index contributed by atoms with van der Waals surface area (Å²) in [6, 6.07) is 3.71. The molecule has 14 heteroatoms. The van der Waals surface area contributed by atoms with Crippen LogP contribution in [0.5, 0.6) is 0 Å². The highest BCUT2D eigenvalue weighted by Crippen LogP contribution is 2.43. The number of carbonyl (C=O) groups is 2. The third-order valence-electron chi connectivity index (χ3n) is 7.73. The number of amides is 2. The number of aromatic nitrogens is 4. The Hall–Kier alpha value is -4.15. The molecular weight excluding hydrogens is 561 g/mol. The molecule has 2 N–H and O–H groups in total. The van der Waals surface area contributed by atoms with Gasteiger partial charge in [-0.25, -0.2) is 18.3 Å². The summed E-state index contributed by atoms with van der Waals surface area (Å²) < 4.78 is 67.2. The monoisotopic (exact) mass is 589 g/mol. The topological polar surface area (TPSA) is 125 Å². The normalized spacial score (nSPS) is 18.7. The van der Waals surface area contributed by atoms with Crippen molar-refractivity contribution in [1.82, 2.24) is 30.2 Å². The fraction of sp³-hybridized carbons (Fsp3) is 0.500. The maximum Gasteiger partial charge on any atom is 0.389 e. The fourth-order valence-corrected chi connectivity index (χ4v) is 5.31. The van der Waals surface area contributed by atoms with Gasteiger partial charge in [-0.2, -0.15) is 23.5 Å². The molecule has 2 aliphatic carbocycles. The van der Waals surface area contributed by atoms with E-state index in [4.69, 9.17) is 5.26 Å². The minimum absolute atomic E-state index is 0.0623. The molecule has 2 amide bonds. The van der Waals surface area contributed by atoms with E-state index in [-0.39, 0.29) is 48.6 Å². The van der Waals surface area contributed by atoms with Gasteiger partial charge in [0.15, 0.2) is 5.65 Å². The predicted octanol–water partition coefficient (Wildman–Crippen LogP) is 5.20. The van der Waals surface area contributed by atoms with Crippen LogP contribution >= 0.6 is 0 Å². The lowest BCUT2D eigenvalue weighted by Crippen LogP contribution is -2.37. The van der Waals surface area contributed by atoms with E-state index in [2.05, 4.69) is 25.7 Å². The first-order valence-corrected chi connectivity index (χ1v) is 13.7. The van der Waals surface area contributed by atoms with Crippen molar-refractivity contribution in [2.75, 3.05) is 0 Å². The summed E-state index contributed by atoms with van der Waals surface area (Å²) in [5.74, 6) is -4.32. The van der Waals surface area contributed by atoms with Gasteiger partial charge in [0.1, 0.15) is 6.07 Å². The van der Waals surface area contributed by atoms with Crippen LogP contribution in [0.2, 0.25) is 0 Å². The summed E-state index contributed by atoms with van der Waals surface area (Å²) in [5.41, 5.74) is 1.67. The number of fused-ring (bicyclic) bond motifs is 1. The summed E-state index contributed by atoms with van der Waals surface area (Å²) >= 11 is 0. The lowest BCUT2D eigenvalue weighted by molar-refractivity contribution is -0.144. The van der Waals surface area contributed by atoms with Gasteiger partial charge >= 0.3 is 6.18 Å². The highest BCUT2D eigenvalue weighted by Gasteiger charge is 2.40. The second-order valence-corrected chi connectivity index (χ2v) is 11.0. The molecular formula is C28H28F5N7O2. The standard InChI is InChI=1S/C28H28F5N7O2/c29-27(30)6-3-18(4-7-27)25(39-26(42)20-9-16(11-34)12-35-13-20)21-15-40-22(37-21)10-19(14-36-40)24(17-1-2-17)38-23(41)5-8-28(31,32)33/h9-10,12-15,17-18,24-25H,1-8H2,(H,38,41)(H,39,42)/t24?,25-/m0/s1. The van der Waals surface area contributed by atoms with Gasteiger partial charge < -0.3 is 10.6 Å². The van der Waals surface area contributed by atoms with Gasteiger partial charge in [-0.05, 0) is 55.2 Å². The second-order valence-electron chi connectivity index (χ2n) is 11.0. The van der Waals surface area contributed by atoms with Crippen molar-refractivity contribution in [2.24, 2.45) is 11.8 Å². The van der Waals surface area contributed by atoms with Crippen molar-refractivity contribution in [3.8, 4) is 6.07 Å². The number of nitrogens with one attached hydrogen (secondary N) is 2. The highest BCUT2D eigenvalue weighted by molar-refractivity contribution is 5.94. The van der Waals surface area contributed by atoms with E-state index in [0.717, 1.165) is 12.8 Å². The Balaban J connectivity index is 1.40. The minimum Gasteiger partial charge on any atom is -0.349 e. The summed E-state index contributed by atoms with van der Waals surface area (Å²) in [5, 5.41) is 19.1. The van der Waals surface area contributed by atoms with Gasteiger partial charge in [0, 0.05) is 31.7 Å². The smallest absolute Gasteiger partial charge is 0.349 e. The minimum atomic E-state index is -4.44. The zero-order valence-corrected chi connectivity index (χ0v) is 22.4. The third kappa shape index (κ3) is 7.18. The number of nitriles is 1. The number of pyridine rings is 1. The molecule has 0 radical (unpaired) electrons. The van der Waals surface area contributed by atoms with Crippen molar-refractivity contribution in [1.29, 1.82) is 5.26 Å². The molecule has 1 unspecified atom stereocenters. The molecule has 0 bridgehead atoms. The number of nitrogens with zero attached hydrogens (tertiary/aromatic N) is 5. The van der Waals surface area contributed by atoms with Crippen LogP contribution in [-0.2, 0) is 4.79 Å². The van der Waals surface area contributed by atoms with Crippen LogP contribution in [-0.4, -0.2) is 43.5 Å². The fourth-order valence-electron chi connectivity index (χ4n) is 5.31. The van der Waals surface area contributed by atoms with Gasteiger partial charge in [-0.15, -0.1) is 0 Å². The molecule has 42 heavy (non-hydrogen) atoms. The summed E-state index contributed by atoms with van der Waals surface area (Å²) in [6.45, 7) is 0. The van der Waals surface area contributed by atoms with Crippen molar-refractivity contribution in [2.45, 2.75) is 75.5 Å². The Morgan fingerprint density at radius 3 is 2.43 bits per heavy atom. The number of halogens is 5. The van der Waals surface area contributed by atoms with E-state index in [1.165, 1.54) is 29.2 Å². The van der Waals surface area contributed by atoms with Crippen molar-refractivity contribution in [3.63, 3.8) is 0 Å². The number of alkyl halides is 5. The average molecular weight is 590 g/mol. The predicted molar refractivity (Wildman–Crippen MR) is 138 cm³/mol. The molecule has 2 fully saturated rings. The molecule has 2 aliphatic rings. The first-order valence-electron chi connectivity index (χ1n) is 13.7. The lowest BCUT2D eigenvalue weighted by Gasteiger charge is -2.33. The third-order valence-corrected chi connectivity index (χ3v) is 7.73. The first-order chi connectivity index (χ1) is 19.9. The Morgan fingerprint density at radius 1 is 1.05 bits per heavy atom. The number of carbonyl (C=O) groups excluding carboxylic acids is 2. The van der Waals surface area contributed by atoms with E-state index in [1.807, 2.05) is 6.07 Å². The number of rotatable bonds is 9. The van der Waals surface area contributed by atoms with Gasteiger partial charge in [-0.3, -0.25) is 14.6 Å². The quantitative estimate of drug-likeness (QED) is 0.331. The summed E-state index contributed by atoms with van der Waals surface area (Å²) in [4.78, 5) is 34.0. The van der Waals surface area contributed by atoms with E-state index in [1.54, 1.807) is 12.3 Å². The van der Waals surface area contributed by atoms with Crippen LogP contribution in [0, 0.1) is 23.2 Å².